The first-order valence-corrected chi connectivity index (χ1v) is 4.58. The molecule has 0 bridgehead atoms. The third-order valence-electron chi connectivity index (χ3n) is 1.89. The van der Waals surface area contributed by atoms with Crippen LogP contribution in [-0.4, -0.2) is 9.66 Å². The molecule has 0 unspecified atom stereocenters. The molecule has 0 fully saturated rings. The molecule has 72 valence electrons. The van der Waals surface area contributed by atoms with E-state index in [0.29, 0.717) is 15.9 Å². The van der Waals surface area contributed by atoms with Gasteiger partial charge < -0.3 is 10.8 Å². The number of hydrogen-bond acceptors (Lipinski definition) is 3. The van der Waals surface area contributed by atoms with Crippen LogP contribution in [0.3, 0.4) is 0 Å². The monoisotopic (exact) mass is 227 g/mol. The molecule has 2 rings (SSSR count). The summed E-state index contributed by atoms with van der Waals surface area (Å²) in [7, 11) is 0. The average Bonchev–Trinajstić information content (AvgIpc) is 2.16. The van der Waals surface area contributed by atoms with Crippen LogP contribution in [0.15, 0.2) is 23.0 Å². The molecular weight excluding hydrogens is 222 g/mol. The number of fused-ring (bicyclic) bond motifs is 1. The van der Waals surface area contributed by atoms with Crippen molar-refractivity contribution >= 4 is 34.7 Å². The fourth-order valence-electron chi connectivity index (χ4n) is 1.20. The molecule has 4 nitrogen and oxygen atoms in total. The Morgan fingerprint density at radius 3 is 2.93 bits per heavy atom. The number of nitrogens with two attached hydrogens (primary N) is 1. The molecule has 1 aromatic heterocycles. The number of halogens is 1. The summed E-state index contributed by atoms with van der Waals surface area (Å²) in [6.45, 7) is 0. The number of benzene rings is 1. The summed E-state index contributed by atoms with van der Waals surface area (Å²) in [5, 5.41) is 0.911. The summed E-state index contributed by atoms with van der Waals surface area (Å²) in [6, 6.07) is 4.91. The lowest BCUT2D eigenvalue weighted by atomic mass is 10.2. The van der Waals surface area contributed by atoms with Crippen LogP contribution < -0.4 is 11.4 Å². The number of hydrogen-bond donors (Lipinski definition) is 2. The molecule has 1 aromatic carbocycles. The van der Waals surface area contributed by atoms with Crippen LogP contribution in [0.4, 0.5) is 0 Å². The fraction of sp³-hybridized carbons (Fsp3) is 0. The van der Waals surface area contributed by atoms with Gasteiger partial charge in [0, 0.05) is 5.02 Å². The van der Waals surface area contributed by atoms with Gasteiger partial charge in [0.05, 0.1) is 10.9 Å². The maximum absolute atomic E-state index is 11.6. The predicted molar refractivity (Wildman–Crippen MR) is 58.6 cm³/mol. The van der Waals surface area contributed by atoms with E-state index in [2.05, 4.69) is 4.98 Å². The van der Waals surface area contributed by atoms with E-state index < -0.39 is 0 Å². The second-order valence-electron chi connectivity index (χ2n) is 2.80. The highest BCUT2D eigenvalue weighted by atomic mass is 35.5. The highest BCUT2D eigenvalue weighted by Crippen LogP contribution is 2.13. The first kappa shape index (κ1) is 9.23. The molecule has 0 radical (unpaired) electrons. The predicted octanol–water partition coefficient (Wildman–Crippen LogP) is 1.43. The van der Waals surface area contributed by atoms with Gasteiger partial charge in [-0.1, -0.05) is 11.6 Å². The Kier molecular flexibility index (Phi) is 2.05. The molecule has 0 spiro atoms. The van der Waals surface area contributed by atoms with Crippen molar-refractivity contribution in [2.75, 3.05) is 5.84 Å². The second kappa shape index (κ2) is 3.11. The van der Waals surface area contributed by atoms with E-state index >= 15 is 0 Å². The molecule has 2 aromatic rings. The van der Waals surface area contributed by atoms with Crippen molar-refractivity contribution in [2.24, 2.45) is 0 Å². The maximum Gasteiger partial charge on any atom is 0.280 e. The smallest absolute Gasteiger partial charge is 0.280 e. The normalized spacial score (nSPS) is 10.6. The van der Waals surface area contributed by atoms with Crippen LogP contribution >= 0.6 is 23.8 Å². The van der Waals surface area contributed by atoms with Crippen LogP contribution in [0, 0.1) is 4.77 Å². The highest BCUT2D eigenvalue weighted by molar-refractivity contribution is 7.71. The van der Waals surface area contributed by atoms with Crippen molar-refractivity contribution in [2.45, 2.75) is 0 Å². The van der Waals surface area contributed by atoms with Crippen molar-refractivity contribution in [3.63, 3.8) is 0 Å². The summed E-state index contributed by atoms with van der Waals surface area (Å²) < 4.78 is 1.07. The van der Waals surface area contributed by atoms with Crippen LogP contribution in [0.2, 0.25) is 5.02 Å². The average molecular weight is 228 g/mol. The lowest BCUT2D eigenvalue weighted by molar-refractivity contribution is 0.892. The number of aromatic amines is 1. The Morgan fingerprint density at radius 2 is 2.21 bits per heavy atom. The summed E-state index contributed by atoms with van der Waals surface area (Å²) in [6.07, 6.45) is 0. The molecule has 6 heteroatoms. The minimum Gasteiger partial charge on any atom is -0.334 e. The van der Waals surface area contributed by atoms with E-state index in [1.807, 2.05) is 0 Å². The fourth-order valence-corrected chi connectivity index (χ4v) is 1.56. The van der Waals surface area contributed by atoms with Gasteiger partial charge in [-0.2, -0.15) is 4.68 Å². The Morgan fingerprint density at radius 1 is 1.50 bits per heavy atom. The van der Waals surface area contributed by atoms with Crippen molar-refractivity contribution in [1.29, 1.82) is 0 Å². The minimum atomic E-state index is -0.355. The zero-order valence-corrected chi connectivity index (χ0v) is 8.52. The van der Waals surface area contributed by atoms with Crippen molar-refractivity contribution < 1.29 is 0 Å². The molecule has 0 aliphatic heterocycles. The van der Waals surface area contributed by atoms with Gasteiger partial charge in [0.1, 0.15) is 0 Å². The van der Waals surface area contributed by atoms with Crippen molar-refractivity contribution in [3.05, 3.63) is 38.3 Å². The molecule has 0 amide bonds. The molecule has 0 saturated heterocycles. The van der Waals surface area contributed by atoms with Crippen LogP contribution in [-0.2, 0) is 0 Å². The quantitative estimate of drug-likeness (QED) is 0.529. The largest absolute Gasteiger partial charge is 0.334 e. The molecular formula is C8H6ClN3OS. The van der Waals surface area contributed by atoms with Gasteiger partial charge in [-0.05, 0) is 30.4 Å². The molecule has 3 N–H and O–H groups in total. The van der Waals surface area contributed by atoms with Gasteiger partial charge in [0.2, 0.25) is 0 Å². The number of nitrogens with one attached hydrogen (secondary N) is 1. The Balaban J connectivity index is 3.07. The second-order valence-corrected chi connectivity index (χ2v) is 3.62. The van der Waals surface area contributed by atoms with E-state index in [0.717, 1.165) is 4.68 Å². The summed E-state index contributed by atoms with van der Waals surface area (Å²) in [5.74, 6) is 5.42. The zero-order chi connectivity index (χ0) is 10.3. The van der Waals surface area contributed by atoms with Gasteiger partial charge in [-0.25, -0.2) is 0 Å². The molecule has 0 aliphatic rings. The van der Waals surface area contributed by atoms with E-state index in [1.165, 1.54) is 0 Å². The summed E-state index contributed by atoms with van der Waals surface area (Å²) >= 11 is 10.6. The Hall–Kier alpha value is -1.33. The molecule has 0 atom stereocenters. The lowest BCUT2D eigenvalue weighted by Gasteiger charge is -2.01. The zero-order valence-electron chi connectivity index (χ0n) is 6.95. The van der Waals surface area contributed by atoms with E-state index in [4.69, 9.17) is 29.7 Å². The van der Waals surface area contributed by atoms with Crippen LogP contribution in [0.1, 0.15) is 0 Å². The molecule has 1 heterocycles. The Labute approximate surface area is 88.9 Å². The number of nitrogen functional groups attached to an aromatic ring is 1. The van der Waals surface area contributed by atoms with Gasteiger partial charge in [-0.3, -0.25) is 4.79 Å². The van der Waals surface area contributed by atoms with Crippen LogP contribution in [0.5, 0.6) is 0 Å². The van der Waals surface area contributed by atoms with E-state index in [9.17, 15) is 4.79 Å². The summed E-state index contributed by atoms with van der Waals surface area (Å²) in [4.78, 5) is 14.4. The number of rotatable bonds is 0. The number of aromatic nitrogens is 2. The van der Waals surface area contributed by atoms with Gasteiger partial charge >= 0.3 is 0 Å². The van der Waals surface area contributed by atoms with E-state index in [-0.39, 0.29) is 10.3 Å². The molecule has 14 heavy (non-hydrogen) atoms. The summed E-state index contributed by atoms with van der Waals surface area (Å²) in [5.41, 5.74) is 0.275. The topological polar surface area (TPSA) is 63.8 Å². The van der Waals surface area contributed by atoms with Crippen molar-refractivity contribution in [3.8, 4) is 0 Å². The number of nitrogens with zero attached hydrogens (tertiary/aromatic N) is 1. The first-order valence-electron chi connectivity index (χ1n) is 3.79. The SMILES string of the molecule is Nn1c(=S)[nH]c2ccc(Cl)cc2c1=O. The number of H-pyrrole nitrogens is 1. The third-order valence-corrected chi connectivity index (χ3v) is 2.43. The van der Waals surface area contributed by atoms with Gasteiger partial charge in [0.25, 0.3) is 5.56 Å². The van der Waals surface area contributed by atoms with Crippen molar-refractivity contribution in [1.82, 2.24) is 9.66 Å². The van der Waals surface area contributed by atoms with E-state index in [1.54, 1.807) is 18.2 Å². The third kappa shape index (κ3) is 1.30. The van der Waals surface area contributed by atoms with Gasteiger partial charge in [-0.15, -0.1) is 0 Å². The standard InChI is InChI=1S/C8H6ClN3OS/c9-4-1-2-6-5(3-4)7(13)12(10)8(14)11-6/h1-3H,10H2,(H,11,14). The first-order chi connectivity index (χ1) is 6.59. The highest BCUT2D eigenvalue weighted by Gasteiger charge is 2.02. The van der Waals surface area contributed by atoms with Crippen LogP contribution in [0.25, 0.3) is 10.9 Å². The maximum atomic E-state index is 11.6. The minimum absolute atomic E-state index is 0.185. The Bertz CT molecular complexity index is 616. The molecule has 0 aliphatic carbocycles. The lowest BCUT2D eigenvalue weighted by Crippen LogP contribution is -2.28. The van der Waals surface area contributed by atoms with Gasteiger partial charge in [0.15, 0.2) is 4.77 Å². The molecule has 0 saturated carbocycles.